The first-order valence-electron chi connectivity index (χ1n) is 6.31. The van der Waals surface area contributed by atoms with E-state index in [0.717, 1.165) is 17.1 Å². The SMILES string of the molecule is Nc1nnc(-c2ccc(Oc3ccccc3)cc2)c(N)n1. The van der Waals surface area contributed by atoms with Gasteiger partial charge in [0.2, 0.25) is 5.95 Å². The molecule has 21 heavy (non-hydrogen) atoms. The maximum absolute atomic E-state index is 5.79. The number of nitrogens with two attached hydrogens (primary N) is 2. The van der Waals surface area contributed by atoms with Gasteiger partial charge in [-0.2, -0.15) is 4.98 Å². The number of hydrogen-bond donors (Lipinski definition) is 2. The summed E-state index contributed by atoms with van der Waals surface area (Å²) in [5.74, 6) is 1.80. The summed E-state index contributed by atoms with van der Waals surface area (Å²) in [4.78, 5) is 3.89. The Balaban J connectivity index is 1.84. The molecule has 0 aliphatic rings. The van der Waals surface area contributed by atoms with Crippen LogP contribution in [-0.4, -0.2) is 15.2 Å². The van der Waals surface area contributed by atoms with Crippen LogP contribution in [0.4, 0.5) is 11.8 Å². The van der Waals surface area contributed by atoms with Crippen LogP contribution >= 0.6 is 0 Å². The van der Waals surface area contributed by atoms with Crippen LogP contribution in [0.25, 0.3) is 11.3 Å². The highest BCUT2D eigenvalue weighted by atomic mass is 16.5. The van der Waals surface area contributed by atoms with Gasteiger partial charge in [-0.05, 0) is 36.4 Å². The molecule has 0 aliphatic heterocycles. The van der Waals surface area contributed by atoms with Gasteiger partial charge in [0.15, 0.2) is 5.82 Å². The Hall–Kier alpha value is -3.15. The van der Waals surface area contributed by atoms with Crippen molar-refractivity contribution in [1.82, 2.24) is 15.2 Å². The summed E-state index contributed by atoms with van der Waals surface area (Å²) in [7, 11) is 0. The van der Waals surface area contributed by atoms with Crippen LogP contribution in [0.2, 0.25) is 0 Å². The van der Waals surface area contributed by atoms with Crippen LogP contribution < -0.4 is 16.2 Å². The second kappa shape index (κ2) is 5.46. The van der Waals surface area contributed by atoms with Crippen LogP contribution in [0.1, 0.15) is 0 Å². The van der Waals surface area contributed by atoms with Crippen molar-refractivity contribution in [3.8, 4) is 22.8 Å². The van der Waals surface area contributed by atoms with Crippen molar-refractivity contribution in [3.63, 3.8) is 0 Å². The van der Waals surface area contributed by atoms with E-state index in [9.17, 15) is 0 Å². The number of nitrogen functional groups attached to an aromatic ring is 2. The molecule has 0 aliphatic carbocycles. The van der Waals surface area contributed by atoms with E-state index in [0.29, 0.717) is 5.69 Å². The highest BCUT2D eigenvalue weighted by Gasteiger charge is 2.07. The minimum atomic E-state index is 0.0558. The molecule has 0 spiro atoms. The number of para-hydroxylation sites is 1. The highest BCUT2D eigenvalue weighted by molar-refractivity contribution is 5.70. The third-order valence-corrected chi connectivity index (χ3v) is 2.84. The number of benzene rings is 2. The van der Waals surface area contributed by atoms with Crippen molar-refractivity contribution in [2.45, 2.75) is 0 Å². The first-order valence-corrected chi connectivity index (χ1v) is 6.31. The molecule has 0 saturated heterocycles. The Morgan fingerprint density at radius 3 is 2.10 bits per heavy atom. The van der Waals surface area contributed by atoms with Gasteiger partial charge in [-0.25, -0.2) is 0 Å². The zero-order valence-electron chi connectivity index (χ0n) is 11.1. The summed E-state index contributed by atoms with van der Waals surface area (Å²) >= 11 is 0. The van der Waals surface area contributed by atoms with Gasteiger partial charge in [0.1, 0.15) is 17.2 Å². The van der Waals surface area contributed by atoms with E-state index in [1.165, 1.54) is 0 Å². The molecule has 1 heterocycles. The number of rotatable bonds is 3. The lowest BCUT2D eigenvalue weighted by Crippen LogP contribution is -2.04. The maximum Gasteiger partial charge on any atom is 0.242 e. The quantitative estimate of drug-likeness (QED) is 0.764. The monoisotopic (exact) mass is 279 g/mol. The average molecular weight is 279 g/mol. The zero-order valence-corrected chi connectivity index (χ0v) is 11.1. The Morgan fingerprint density at radius 2 is 1.43 bits per heavy atom. The van der Waals surface area contributed by atoms with Crippen LogP contribution in [0.3, 0.4) is 0 Å². The van der Waals surface area contributed by atoms with Gasteiger partial charge in [-0.1, -0.05) is 18.2 Å². The van der Waals surface area contributed by atoms with Gasteiger partial charge in [0, 0.05) is 5.56 Å². The fourth-order valence-electron chi connectivity index (χ4n) is 1.86. The lowest BCUT2D eigenvalue weighted by Gasteiger charge is -2.07. The van der Waals surface area contributed by atoms with Crippen molar-refractivity contribution in [3.05, 3.63) is 54.6 Å². The van der Waals surface area contributed by atoms with Crippen molar-refractivity contribution >= 4 is 11.8 Å². The Morgan fingerprint density at radius 1 is 0.762 bits per heavy atom. The van der Waals surface area contributed by atoms with Crippen LogP contribution in [0, 0.1) is 0 Å². The topological polar surface area (TPSA) is 99.9 Å². The summed E-state index contributed by atoms with van der Waals surface area (Å²) < 4.78 is 5.72. The fourth-order valence-corrected chi connectivity index (χ4v) is 1.86. The second-order valence-electron chi connectivity index (χ2n) is 4.34. The molecule has 0 atom stereocenters. The average Bonchev–Trinajstić information content (AvgIpc) is 2.49. The van der Waals surface area contributed by atoms with Gasteiger partial charge in [0.25, 0.3) is 0 Å². The van der Waals surface area contributed by atoms with E-state index in [1.54, 1.807) is 0 Å². The van der Waals surface area contributed by atoms with E-state index >= 15 is 0 Å². The summed E-state index contributed by atoms with van der Waals surface area (Å²) in [6, 6.07) is 16.9. The number of hydrogen-bond acceptors (Lipinski definition) is 6. The molecule has 2 aromatic carbocycles. The number of aromatic nitrogens is 3. The molecule has 6 heteroatoms. The number of nitrogens with zero attached hydrogens (tertiary/aromatic N) is 3. The van der Waals surface area contributed by atoms with Crippen LogP contribution in [0.15, 0.2) is 54.6 Å². The molecule has 0 amide bonds. The largest absolute Gasteiger partial charge is 0.457 e. The molecule has 0 saturated carbocycles. The molecular formula is C15H13N5O. The molecule has 0 unspecified atom stereocenters. The second-order valence-corrected chi connectivity index (χ2v) is 4.34. The highest BCUT2D eigenvalue weighted by Crippen LogP contribution is 2.26. The molecule has 0 bridgehead atoms. The normalized spacial score (nSPS) is 10.3. The molecule has 6 nitrogen and oxygen atoms in total. The van der Waals surface area contributed by atoms with E-state index in [-0.39, 0.29) is 11.8 Å². The molecule has 3 rings (SSSR count). The molecule has 3 aromatic rings. The third-order valence-electron chi connectivity index (χ3n) is 2.84. The lowest BCUT2D eigenvalue weighted by molar-refractivity contribution is 0.483. The summed E-state index contributed by atoms with van der Waals surface area (Å²) in [5, 5.41) is 7.67. The van der Waals surface area contributed by atoms with Gasteiger partial charge in [0.05, 0.1) is 0 Å². The van der Waals surface area contributed by atoms with E-state index in [2.05, 4.69) is 15.2 Å². The fraction of sp³-hybridized carbons (Fsp3) is 0. The van der Waals surface area contributed by atoms with E-state index in [1.807, 2.05) is 54.6 Å². The summed E-state index contributed by atoms with van der Waals surface area (Å²) in [6.45, 7) is 0. The standard InChI is InChI=1S/C15H13N5O/c16-14-13(19-20-15(17)18-14)10-6-8-12(9-7-10)21-11-4-2-1-3-5-11/h1-9H,(H4,16,17,18,20). The Bertz CT molecular complexity index is 744. The van der Waals surface area contributed by atoms with Gasteiger partial charge >= 0.3 is 0 Å². The molecule has 104 valence electrons. The first kappa shape index (κ1) is 12.9. The van der Waals surface area contributed by atoms with Crippen molar-refractivity contribution in [2.24, 2.45) is 0 Å². The van der Waals surface area contributed by atoms with Crippen LogP contribution in [-0.2, 0) is 0 Å². The summed E-state index contributed by atoms with van der Waals surface area (Å²) in [6.07, 6.45) is 0. The lowest BCUT2D eigenvalue weighted by atomic mass is 10.1. The third kappa shape index (κ3) is 2.89. The molecule has 0 radical (unpaired) electrons. The van der Waals surface area contributed by atoms with E-state index in [4.69, 9.17) is 16.2 Å². The van der Waals surface area contributed by atoms with Crippen molar-refractivity contribution in [1.29, 1.82) is 0 Å². The van der Waals surface area contributed by atoms with Crippen molar-refractivity contribution in [2.75, 3.05) is 11.5 Å². The van der Waals surface area contributed by atoms with Gasteiger partial charge < -0.3 is 16.2 Å². The molecule has 4 N–H and O–H groups in total. The van der Waals surface area contributed by atoms with Crippen LogP contribution in [0.5, 0.6) is 11.5 Å². The Kier molecular flexibility index (Phi) is 3.34. The molecule has 0 fully saturated rings. The van der Waals surface area contributed by atoms with E-state index < -0.39 is 0 Å². The van der Waals surface area contributed by atoms with Crippen molar-refractivity contribution < 1.29 is 4.74 Å². The summed E-state index contributed by atoms with van der Waals surface area (Å²) in [5.41, 5.74) is 12.5. The van der Waals surface area contributed by atoms with Gasteiger partial charge in [-0.15, -0.1) is 10.2 Å². The van der Waals surface area contributed by atoms with Gasteiger partial charge in [-0.3, -0.25) is 0 Å². The zero-order chi connectivity index (χ0) is 14.7. The maximum atomic E-state index is 5.79. The smallest absolute Gasteiger partial charge is 0.242 e. The minimum absolute atomic E-state index is 0.0558. The first-order chi connectivity index (χ1) is 10.2. The molecular weight excluding hydrogens is 266 g/mol. The Labute approximate surface area is 121 Å². The number of ether oxygens (including phenoxy) is 1. The number of anilines is 2. The predicted molar refractivity (Wildman–Crippen MR) is 80.6 cm³/mol. The molecule has 1 aromatic heterocycles. The predicted octanol–water partition coefficient (Wildman–Crippen LogP) is 2.50. The minimum Gasteiger partial charge on any atom is -0.457 e.